The van der Waals surface area contributed by atoms with Crippen LogP contribution in [0.4, 0.5) is 17.1 Å². The van der Waals surface area contributed by atoms with Crippen molar-refractivity contribution in [2.45, 2.75) is 18.7 Å². The first kappa shape index (κ1) is 21.2. The smallest absolute Gasteiger partial charge is 0.274 e. The number of carbonyl (C=O) groups excluding carboxylic acids is 1. The van der Waals surface area contributed by atoms with Crippen LogP contribution in [0.5, 0.6) is 0 Å². The predicted molar refractivity (Wildman–Crippen MR) is 137 cm³/mol. The first-order valence-electron chi connectivity index (χ1n) is 10.1. The second-order valence-corrected chi connectivity index (χ2v) is 10.2. The van der Waals surface area contributed by atoms with Gasteiger partial charge in [-0.25, -0.2) is 4.99 Å². The van der Waals surface area contributed by atoms with Crippen molar-refractivity contribution >= 4 is 63.3 Å². The highest BCUT2D eigenvalue weighted by Gasteiger charge is 2.40. The molecule has 3 aromatic rings. The van der Waals surface area contributed by atoms with Crippen molar-refractivity contribution in [1.29, 1.82) is 0 Å². The van der Waals surface area contributed by atoms with Gasteiger partial charge in [0.25, 0.3) is 5.91 Å². The molecule has 0 atom stereocenters. The number of hydrogen-bond donors (Lipinski definition) is 0. The summed E-state index contributed by atoms with van der Waals surface area (Å²) in [4.78, 5) is 24.1. The van der Waals surface area contributed by atoms with Crippen molar-refractivity contribution in [2.75, 3.05) is 16.8 Å². The number of thioether (sulfide) groups is 2. The van der Waals surface area contributed by atoms with E-state index < -0.39 is 0 Å². The van der Waals surface area contributed by atoms with E-state index in [9.17, 15) is 4.79 Å². The van der Waals surface area contributed by atoms with Gasteiger partial charge in [0.05, 0.1) is 22.1 Å². The minimum absolute atomic E-state index is 0.0697. The zero-order valence-corrected chi connectivity index (χ0v) is 20.2. The maximum absolute atomic E-state index is 13.7. The van der Waals surface area contributed by atoms with Gasteiger partial charge in [-0.05, 0) is 73.6 Å². The molecule has 4 nitrogen and oxygen atoms in total. The molecule has 0 bridgehead atoms. The molecule has 5 rings (SSSR count). The van der Waals surface area contributed by atoms with Gasteiger partial charge in [0.1, 0.15) is 4.91 Å². The first-order valence-corrected chi connectivity index (χ1v) is 12.1. The van der Waals surface area contributed by atoms with Gasteiger partial charge in [-0.1, -0.05) is 53.2 Å². The Bertz CT molecular complexity index is 1300. The van der Waals surface area contributed by atoms with E-state index in [4.69, 9.17) is 16.6 Å². The summed E-state index contributed by atoms with van der Waals surface area (Å²) < 4.78 is 0. The van der Waals surface area contributed by atoms with Crippen molar-refractivity contribution in [2.24, 2.45) is 4.99 Å². The summed E-state index contributed by atoms with van der Waals surface area (Å²) in [5.41, 5.74) is 4.89. The van der Waals surface area contributed by atoms with Crippen LogP contribution in [0.3, 0.4) is 0 Å². The van der Waals surface area contributed by atoms with Crippen LogP contribution < -0.4 is 9.80 Å². The number of aliphatic imine (C=N–C) groups is 1. The van der Waals surface area contributed by atoms with E-state index in [0.717, 1.165) is 32.6 Å². The summed E-state index contributed by atoms with van der Waals surface area (Å²) in [5.74, 6) is -0.0697. The van der Waals surface area contributed by atoms with Crippen molar-refractivity contribution in [3.8, 4) is 0 Å². The van der Waals surface area contributed by atoms with Crippen LogP contribution in [0.2, 0.25) is 5.02 Å². The third-order valence-electron chi connectivity index (χ3n) is 5.29. The fourth-order valence-corrected chi connectivity index (χ4v) is 6.11. The van der Waals surface area contributed by atoms with Crippen molar-refractivity contribution in [1.82, 2.24) is 0 Å². The standard InChI is InChI=1S/C25H20ClN3OS2/c1-15-7-10-18(11-8-15)27-25-29(19-6-4-5-16(2)13-19)23(30)22(32-25)24-28(3)20-14-17(26)9-12-21(20)31-24/h4-14H,1-3H3. The molecular weight excluding hydrogens is 458 g/mol. The van der Waals surface area contributed by atoms with E-state index in [0.29, 0.717) is 15.1 Å². The van der Waals surface area contributed by atoms with Crippen LogP contribution in [-0.4, -0.2) is 18.1 Å². The molecule has 2 aliphatic heterocycles. The number of rotatable bonds is 2. The van der Waals surface area contributed by atoms with Gasteiger partial charge in [0, 0.05) is 17.0 Å². The molecule has 1 saturated heterocycles. The number of amidine groups is 1. The van der Waals surface area contributed by atoms with E-state index in [2.05, 4.69) is 0 Å². The number of anilines is 2. The minimum atomic E-state index is -0.0697. The maximum atomic E-state index is 13.7. The Labute approximate surface area is 201 Å². The van der Waals surface area contributed by atoms with Gasteiger partial charge in [-0.15, -0.1) is 0 Å². The van der Waals surface area contributed by atoms with Gasteiger partial charge in [0.2, 0.25) is 0 Å². The summed E-state index contributed by atoms with van der Waals surface area (Å²) in [5, 5.41) is 2.22. The number of halogens is 1. The van der Waals surface area contributed by atoms with Crippen LogP contribution in [0.15, 0.2) is 86.6 Å². The first-order chi connectivity index (χ1) is 15.4. The van der Waals surface area contributed by atoms with Crippen LogP contribution in [0.1, 0.15) is 11.1 Å². The Morgan fingerprint density at radius 2 is 1.69 bits per heavy atom. The zero-order chi connectivity index (χ0) is 22.4. The third kappa shape index (κ3) is 3.83. The Morgan fingerprint density at radius 1 is 0.906 bits per heavy atom. The lowest BCUT2D eigenvalue weighted by molar-refractivity contribution is -0.113. The second-order valence-electron chi connectivity index (χ2n) is 7.72. The normalized spacial score (nSPS) is 19.2. The topological polar surface area (TPSA) is 35.9 Å². The highest BCUT2D eigenvalue weighted by atomic mass is 35.5. The van der Waals surface area contributed by atoms with E-state index in [1.54, 1.807) is 16.7 Å². The summed E-state index contributed by atoms with van der Waals surface area (Å²) in [6.45, 7) is 4.07. The lowest BCUT2D eigenvalue weighted by atomic mass is 10.2. The molecule has 0 radical (unpaired) electrons. The monoisotopic (exact) mass is 477 g/mol. The highest BCUT2D eigenvalue weighted by Crippen LogP contribution is 2.51. The number of fused-ring (bicyclic) bond motifs is 1. The van der Waals surface area contributed by atoms with Crippen LogP contribution in [0.25, 0.3) is 0 Å². The SMILES string of the molecule is Cc1ccc(N=C2SC(=C3Sc4ccc(Cl)cc4N3C)C(=O)N2c2cccc(C)c2)cc1. The summed E-state index contributed by atoms with van der Waals surface area (Å²) in [6, 6.07) is 21.7. The third-order valence-corrected chi connectivity index (χ3v) is 7.92. The lowest BCUT2D eigenvalue weighted by Gasteiger charge is -2.17. The van der Waals surface area contributed by atoms with E-state index in [-0.39, 0.29) is 5.91 Å². The highest BCUT2D eigenvalue weighted by molar-refractivity contribution is 8.20. The number of hydrogen-bond acceptors (Lipinski definition) is 5. The van der Waals surface area contributed by atoms with Crippen LogP contribution in [-0.2, 0) is 4.79 Å². The van der Waals surface area contributed by atoms with E-state index in [1.807, 2.05) is 92.5 Å². The molecule has 32 heavy (non-hydrogen) atoms. The fraction of sp³-hybridized carbons (Fsp3) is 0.120. The van der Waals surface area contributed by atoms with Gasteiger partial charge in [-0.3, -0.25) is 9.69 Å². The Morgan fingerprint density at radius 3 is 2.44 bits per heavy atom. The molecule has 0 unspecified atom stereocenters. The molecule has 0 aliphatic carbocycles. The Kier molecular flexibility index (Phi) is 5.53. The average molecular weight is 478 g/mol. The predicted octanol–water partition coefficient (Wildman–Crippen LogP) is 7.14. The average Bonchev–Trinajstić information content (AvgIpc) is 3.26. The molecule has 3 aromatic carbocycles. The quantitative estimate of drug-likeness (QED) is 0.367. The molecule has 2 heterocycles. The molecule has 7 heteroatoms. The zero-order valence-electron chi connectivity index (χ0n) is 17.8. The number of amides is 1. The van der Waals surface area contributed by atoms with Crippen molar-refractivity contribution in [3.63, 3.8) is 0 Å². The molecule has 1 fully saturated rings. The van der Waals surface area contributed by atoms with Gasteiger partial charge < -0.3 is 4.90 Å². The number of benzene rings is 3. The molecular formula is C25H20ClN3OS2. The fourth-order valence-electron chi connectivity index (χ4n) is 3.62. The van der Waals surface area contributed by atoms with Crippen molar-refractivity contribution in [3.05, 3.63) is 92.8 Å². The molecule has 2 aliphatic rings. The van der Waals surface area contributed by atoms with Gasteiger partial charge in [0.15, 0.2) is 5.17 Å². The molecule has 0 saturated carbocycles. The number of aryl methyl sites for hydroxylation is 2. The summed E-state index contributed by atoms with van der Waals surface area (Å²) in [7, 11) is 1.97. The van der Waals surface area contributed by atoms with Crippen LogP contribution in [0, 0.1) is 13.8 Å². The summed E-state index contributed by atoms with van der Waals surface area (Å²) in [6.07, 6.45) is 0. The number of nitrogens with zero attached hydrogens (tertiary/aromatic N) is 3. The van der Waals surface area contributed by atoms with Gasteiger partial charge in [-0.2, -0.15) is 0 Å². The largest absolute Gasteiger partial charge is 0.337 e. The maximum Gasteiger partial charge on any atom is 0.274 e. The minimum Gasteiger partial charge on any atom is -0.337 e. The molecule has 0 spiro atoms. The van der Waals surface area contributed by atoms with E-state index >= 15 is 0 Å². The van der Waals surface area contributed by atoms with Crippen LogP contribution >= 0.6 is 35.1 Å². The molecule has 0 N–H and O–H groups in total. The van der Waals surface area contributed by atoms with E-state index in [1.165, 1.54) is 17.3 Å². The van der Waals surface area contributed by atoms with Gasteiger partial charge >= 0.3 is 0 Å². The molecule has 160 valence electrons. The lowest BCUT2D eigenvalue weighted by Crippen LogP contribution is -2.29. The second kappa shape index (κ2) is 8.35. The Hall–Kier alpha value is -2.67. The number of carbonyl (C=O) groups is 1. The molecule has 1 amide bonds. The van der Waals surface area contributed by atoms with Crippen molar-refractivity contribution < 1.29 is 4.79 Å². The molecule has 0 aromatic heterocycles. The summed E-state index contributed by atoms with van der Waals surface area (Å²) >= 11 is 9.22. The Balaban J connectivity index is 1.61.